The molecule has 5 rings (SSSR count). The van der Waals surface area contributed by atoms with Gasteiger partial charge in [0.2, 0.25) is 0 Å². The first-order valence-electron chi connectivity index (χ1n) is 9.59. The summed E-state index contributed by atoms with van der Waals surface area (Å²) >= 11 is 0. The second-order valence-electron chi connectivity index (χ2n) is 8.50. The number of aromatic nitrogens is 1. The van der Waals surface area contributed by atoms with Gasteiger partial charge in [0.25, 0.3) is 5.91 Å². The van der Waals surface area contributed by atoms with E-state index in [-0.39, 0.29) is 17.4 Å². The van der Waals surface area contributed by atoms with Gasteiger partial charge in [-0.1, -0.05) is 0 Å². The minimum Gasteiger partial charge on any atom is -0.462 e. The van der Waals surface area contributed by atoms with Crippen LogP contribution in [0.5, 0.6) is 0 Å². The maximum absolute atomic E-state index is 13.0. The quantitative estimate of drug-likeness (QED) is 0.821. The predicted molar refractivity (Wildman–Crippen MR) is 94.6 cm³/mol. The fourth-order valence-corrected chi connectivity index (χ4v) is 6.05. The van der Waals surface area contributed by atoms with E-state index in [2.05, 4.69) is 10.3 Å². The molecule has 0 aromatic carbocycles. The van der Waals surface area contributed by atoms with Gasteiger partial charge in [0.15, 0.2) is 0 Å². The van der Waals surface area contributed by atoms with Gasteiger partial charge in [-0.3, -0.25) is 4.79 Å². The van der Waals surface area contributed by atoms with E-state index in [0.717, 1.165) is 37.0 Å². The van der Waals surface area contributed by atoms with Crippen LogP contribution in [0.25, 0.3) is 0 Å². The van der Waals surface area contributed by atoms with E-state index in [1.807, 2.05) is 13.8 Å². The summed E-state index contributed by atoms with van der Waals surface area (Å²) in [6.45, 7) is 5.76. The smallest absolute Gasteiger partial charge is 0.340 e. The van der Waals surface area contributed by atoms with Crippen LogP contribution in [0, 0.1) is 31.6 Å². The maximum atomic E-state index is 13.0. The Morgan fingerprint density at radius 3 is 2.20 bits per heavy atom. The normalized spacial score (nSPS) is 32.7. The van der Waals surface area contributed by atoms with E-state index >= 15 is 0 Å². The van der Waals surface area contributed by atoms with Crippen LogP contribution in [0.4, 0.5) is 0 Å². The Balaban J connectivity index is 1.56. The first-order chi connectivity index (χ1) is 11.9. The summed E-state index contributed by atoms with van der Waals surface area (Å²) in [5.74, 6) is 1.93. The Hall–Kier alpha value is -1.78. The number of rotatable bonds is 4. The zero-order valence-electron chi connectivity index (χ0n) is 15.4. The largest absolute Gasteiger partial charge is 0.462 e. The van der Waals surface area contributed by atoms with Gasteiger partial charge >= 0.3 is 5.97 Å². The van der Waals surface area contributed by atoms with Crippen LogP contribution in [0.1, 0.15) is 77.6 Å². The molecule has 4 aliphatic rings. The number of aryl methyl sites for hydroxylation is 1. The number of nitrogens with one attached hydrogen (secondary N) is 2. The molecule has 25 heavy (non-hydrogen) atoms. The Morgan fingerprint density at radius 1 is 1.12 bits per heavy atom. The molecule has 5 heteroatoms. The van der Waals surface area contributed by atoms with Gasteiger partial charge in [0, 0.05) is 11.2 Å². The zero-order chi connectivity index (χ0) is 17.8. The van der Waals surface area contributed by atoms with Crippen molar-refractivity contribution in [2.24, 2.45) is 17.8 Å². The van der Waals surface area contributed by atoms with Crippen molar-refractivity contribution in [1.82, 2.24) is 10.3 Å². The third-order valence-corrected chi connectivity index (χ3v) is 6.56. The molecule has 4 saturated carbocycles. The van der Waals surface area contributed by atoms with Crippen molar-refractivity contribution in [3.8, 4) is 0 Å². The minimum absolute atomic E-state index is 0.0264. The molecule has 0 spiro atoms. The highest BCUT2D eigenvalue weighted by atomic mass is 16.5. The topological polar surface area (TPSA) is 71.2 Å². The number of aromatic amines is 1. The molecule has 4 aliphatic carbocycles. The molecule has 0 radical (unpaired) electrons. The van der Waals surface area contributed by atoms with Crippen molar-refractivity contribution >= 4 is 11.9 Å². The Labute approximate surface area is 148 Å². The van der Waals surface area contributed by atoms with Crippen molar-refractivity contribution < 1.29 is 14.3 Å². The van der Waals surface area contributed by atoms with Crippen molar-refractivity contribution in [2.75, 3.05) is 6.61 Å². The number of amides is 1. The molecule has 0 saturated heterocycles. The SMILES string of the molecule is CCOC(=O)c1c(C)[nH]c(C(=O)NC23CC4CC(CC(C4)C2)C3)c1C. The van der Waals surface area contributed by atoms with Gasteiger partial charge in [0.05, 0.1) is 12.2 Å². The van der Waals surface area contributed by atoms with Crippen LogP contribution < -0.4 is 5.32 Å². The van der Waals surface area contributed by atoms with Gasteiger partial charge < -0.3 is 15.0 Å². The molecule has 1 heterocycles. The highest BCUT2D eigenvalue weighted by Gasteiger charge is 2.51. The maximum Gasteiger partial charge on any atom is 0.340 e. The summed E-state index contributed by atoms with van der Waals surface area (Å²) in [6.07, 6.45) is 7.41. The van der Waals surface area contributed by atoms with Crippen LogP contribution in [0.3, 0.4) is 0 Å². The van der Waals surface area contributed by atoms with Gasteiger partial charge in [-0.25, -0.2) is 4.79 Å². The van der Waals surface area contributed by atoms with Crippen LogP contribution in [0.2, 0.25) is 0 Å². The van der Waals surface area contributed by atoms with Crippen LogP contribution in [-0.2, 0) is 4.74 Å². The van der Waals surface area contributed by atoms with Gasteiger partial charge in [-0.2, -0.15) is 0 Å². The molecular formula is C20H28N2O3. The summed E-state index contributed by atoms with van der Waals surface area (Å²) in [5, 5.41) is 3.37. The molecule has 4 fully saturated rings. The van der Waals surface area contributed by atoms with E-state index in [1.54, 1.807) is 6.92 Å². The number of ether oxygens (including phenoxy) is 1. The van der Waals surface area contributed by atoms with Crippen molar-refractivity contribution in [2.45, 2.75) is 64.8 Å². The van der Waals surface area contributed by atoms with Gasteiger partial charge in [-0.05, 0) is 82.6 Å². The summed E-state index contributed by atoms with van der Waals surface area (Å²) < 4.78 is 5.13. The lowest BCUT2D eigenvalue weighted by molar-refractivity contribution is -0.0167. The van der Waals surface area contributed by atoms with E-state index in [4.69, 9.17) is 4.74 Å². The monoisotopic (exact) mass is 344 g/mol. The van der Waals surface area contributed by atoms with Crippen LogP contribution in [0.15, 0.2) is 0 Å². The summed E-state index contributed by atoms with van der Waals surface area (Å²) in [6, 6.07) is 0. The lowest BCUT2D eigenvalue weighted by Crippen LogP contribution is -2.59. The zero-order valence-corrected chi connectivity index (χ0v) is 15.4. The molecule has 5 nitrogen and oxygen atoms in total. The molecule has 4 bridgehead atoms. The van der Waals surface area contributed by atoms with Crippen molar-refractivity contribution in [1.29, 1.82) is 0 Å². The fraction of sp³-hybridized carbons (Fsp3) is 0.700. The Morgan fingerprint density at radius 2 is 1.68 bits per heavy atom. The van der Waals surface area contributed by atoms with Crippen molar-refractivity contribution in [3.63, 3.8) is 0 Å². The summed E-state index contributed by atoms with van der Waals surface area (Å²) in [5.41, 5.74) is 2.38. The molecule has 0 unspecified atom stereocenters. The number of carbonyl (C=O) groups is 2. The van der Waals surface area contributed by atoms with E-state index in [1.165, 1.54) is 19.3 Å². The van der Waals surface area contributed by atoms with Gasteiger partial charge in [-0.15, -0.1) is 0 Å². The van der Waals surface area contributed by atoms with Crippen molar-refractivity contribution in [3.05, 3.63) is 22.5 Å². The fourth-order valence-electron chi connectivity index (χ4n) is 6.05. The average molecular weight is 344 g/mol. The third-order valence-electron chi connectivity index (χ3n) is 6.56. The molecule has 1 aromatic heterocycles. The van der Waals surface area contributed by atoms with E-state index in [9.17, 15) is 9.59 Å². The van der Waals surface area contributed by atoms with Gasteiger partial charge in [0.1, 0.15) is 5.69 Å². The first-order valence-corrected chi connectivity index (χ1v) is 9.59. The molecule has 136 valence electrons. The standard InChI is InChI=1S/C20H28N2O3/c1-4-25-19(24)16-11(2)17(21-12(16)3)18(23)22-20-8-13-5-14(9-20)7-15(6-13)10-20/h13-15,21H,4-10H2,1-3H3,(H,22,23). The second kappa shape index (κ2) is 5.89. The average Bonchev–Trinajstić information content (AvgIpc) is 2.80. The lowest BCUT2D eigenvalue weighted by atomic mass is 9.53. The molecule has 2 N–H and O–H groups in total. The third kappa shape index (κ3) is 2.77. The number of hydrogen-bond donors (Lipinski definition) is 2. The minimum atomic E-state index is -0.359. The lowest BCUT2D eigenvalue weighted by Gasteiger charge is -2.56. The number of esters is 1. The van der Waals surface area contributed by atoms with Crippen LogP contribution >= 0.6 is 0 Å². The summed E-state index contributed by atoms with van der Waals surface area (Å²) in [7, 11) is 0. The molecule has 1 amide bonds. The molecule has 0 atom stereocenters. The van der Waals surface area contributed by atoms with E-state index in [0.29, 0.717) is 29.1 Å². The highest BCUT2D eigenvalue weighted by molar-refractivity contribution is 6.00. The summed E-state index contributed by atoms with van der Waals surface area (Å²) in [4.78, 5) is 28.3. The Bertz CT molecular complexity index is 683. The van der Waals surface area contributed by atoms with Crippen LogP contribution in [-0.4, -0.2) is 29.0 Å². The highest BCUT2D eigenvalue weighted by Crippen LogP contribution is 2.55. The predicted octanol–water partition coefficient (Wildman–Crippen LogP) is 3.51. The Kier molecular flexibility index (Phi) is 3.93. The molecule has 1 aromatic rings. The molecular weight excluding hydrogens is 316 g/mol. The first kappa shape index (κ1) is 16.7. The van der Waals surface area contributed by atoms with E-state index < -0.39 is 0 Å². The molecule has 0 aliphatic heterocycles. The number of hydrogen-bond acceptors (Lipinski definition) is 3. The number of H-pyrrole nitrogens is 1. The number of carbonyl (C=O) groups excluding carboxylic acids is 2. The second-order valence-corrected chi connectivity index (χ2v) is 8.50.